The fraction of sp³-hybridized carbons (Fsp3) is 0.106. The fourth-order valence-electron chi connectivity index (χ4n) is 8.94. The predicted molar refractivity (Wildman–Crippen MR) is 208 cm³/mol. The molecule has 0 radical (unpaired) electrons. The van der Waals surface area contributed by atoms with Gasteiger partial charge in [-0.1, -0.05) is 104 Å². The lowest BCUT2D eigenvalue weighted by Gasteiger charge is -2.26. The Morgan fingerprint density at radius 3 is 2.18 bits per heavy atom. The van der Waals surface area contributed by atoms with Crippen LogP contribution >= 0.6 is 0 Å². The van der Waals surface area contributed by atoms with Crippen molar-refractivity contribution in [1.29, 1.82) is 0 Å². The van der Waals surface area contributed by atoms with Crippen molar-refractivity contribution in [2.75, 3.05) is 0 Å². The molecule has 11 rings (SSSR count). The Hall–Kier alpha value is -6.26. The molecular weight excluding hydrogens is 623 g/mol. The summed E-state index contributed by atoms with van der Waals surface area (Å²) in [7, 11) is 0. The number of benzene rings is 6. The van der Waals surface area contributed by atoms with Crippen LogP contribution in [-0.4, -0.2) is 14.5 Å². The van der Waals surface area contributed by atoms with Crippen LogP contribution in [0, 0.1) is 0 Å². The zero-order valence-electron chi connectivity index (χ0n) is 28.4. The van der Waals surface area contributed by atoms with E-state index in [0.717, 1.165) is 63.4 Å². The lowest BCUT2D eigenvalue weighted by Crippen LogP contribution is -2.19. The Morgan fingerprint density at radius 2 is 1.33 bits per heavy atom. The molecule has 0 aliphatic heterocycles. The largest absolute Gasteiger partial charge is 0.460 e. The maximum absolute atomic E-state index is 6.46. The van der Waals surface area contributed by atoms with Crippen molar-refractivity contribution in [3.63, 3.8) is 0 Å². The van der Waals surface area contributed by atoms with Crippen molar-refractivity contribution in [2.45, 2.75) is 32.1 Å². The van der Waals surface area contributed by atoms with Crippen LogP contribution in [0.3, 0.4) is 0 Å². The van der Waals surface area contributed by atoms with Gasteiger partial charge in [0.2, 0.25) is 0 Å². The molecule has 0 fully saturated rings. The zero-order chi connectivity index (χ0) is 33.8. The minimum absolute atomic E-state index is 0.0712. The Bertz CT molecular complexity index is 2920. The van der Waals surface area contributed by atoms with Gasteiger partial charge in [-0.3, -0.25) is 0 Å². The van der Waals surface area contributed by atoms with E-state index in [1.54, 1.807) is 0 Å². The summed E-state index contributed by atoms with van der Waals surface area (Å²) in [6, 6.07) is 49.7. The van der Waals surface area contributed by atoms with Gasteiger partial charge in [0.15, 0.2) is 5.82 Å². The van der Waals surface area contributed by atoms with Crippen molar-refractivity contribution in [3.05, 3.63) is 168 Å². The van der Waals surface area contributed by atoms with Crippen molar-refractivity contribution >= 4 is 49.3 Å². The van der Waals surface area contributed by atoms with Crippen LogP contribution in [0.5, 0.6) is 0 Å². The van der Waals surface area contributed by atoms with Crippen molar-refractivity contribution in [2.24, 2.45) is 0 Å². The molecule has 2 aliphatic carbocycles. The number of aromatic nitrogens is 3. The number of fused-ring (bicyclic) bond motifs is 10. The Morgan fingerprint density at radius 1 is 0.608 bits per heavy atom. The van der Waals surface area contributed by atoms with Gasteiger partial charge in [-0.15, -0.1) is 0 Å². The first kappa shape index (κ1) is 28.6. The van der Waals surface area contributed by atoms with Gasteiger partial charge in [0.25, 0.3) is 0 Å². The number of hydrogen-bond donors (Lipinski definition) is 0. The van der Waals surface area contributed by atoms with E-state index >= 15 is 0 Å². The average molecular weight is 656 g/mol. The van der Waals surface area contributed by atoms with Gasteiger partial charge >= 0.3 is 0 Å². The Labute approximate surface area is 295 Å². The summed E-state index contributed by atoms with van der Waals surface area (Å²) in [5.74, 6) is 1.84. The summed E-state index contributed by atoms with van der Waals surface area (Å²) in [6.45, 7) is 4.81. The average Bonchev–Trinajstić information content (AvgIpc) is 3.79. The molecule has 0 N–H and O–H groups in total. The van der Waals surface area contributed by atoms with Gasteiger partial charge in [-0.25, -0.2) is 9.97 Å². The number of hydrogen-bond acceptors (Lipinski definition) is 3. The van der Waals surface area contributed by atoms with Crippen LogP contribution in [-0.2, 0) is 11.8 Å². The second-order valence-electron chi connectivity index (χ2n) is 14.5. The molecule has 242 valence electrons. The summed E-state index contributed by atoms with van der Waals surface area (Å²) in [5, 5.41) is 4.81. The van der Waals surface area contributed by atoms with E-state index in [1.165, 1.54) is 55.0 Å². The summed E-state index contributed by atoms with van der Waals surface area (Å²) >= 11 is 0. The maximum atomic E-state index is 6.46. The third-order valence-electron chi connectivity index (χ3n) is 11.4. The first-order chi connectivity index (χ1) is 25.0. The van der Waals surface area contributed by atoms with Crippen molar-refractivity contribution in [3.8, 4) is 28.3 Å². The summed E-state index contributed by atoms with van der Waals surface area (Å²) in [5.41, 5.74) is 15.3. The standard InChI is InChI=1S/C47H33N3O/c1-47(2)36-24-25-42-44(33-16-8-11-19-41(33)51-42)43(36)35-27-40-34(26-37(35)47)31-14-7-10-18-39(31)50(40)30-22-20-29(21-23-30)46-48-38-17-9-6-15-32(38)45(49-46)28-12-4-3-5-13-28/h3-23,26-27H,24-25H2,1-2H3. The molecule has 0 saturated carbocycles. The Kier molecular flexibility index (Phi) is 5.81. The highest BCUT2D eigenvalue weighted by Gasteiger charge is 2.42. The summed E-state index contributed by atoms with van der Waals surface area (Å²) in [6.07, 6.45) is 1.95. The molecule has 0 spiro atoms. The van der Waals surface area contributed by atoms with Gasteiger partial charge in [0, 0.05) is 55.8 Å². The second-order valence-corrected chi connectivity index (χ2v) is 14.5. The van der Waals surface area contributed by atoms with Crippen molar-refractivity contribution < 1.29 is 4.42 Å². The highest BCUT2D eigenvalue weighted by Crippen LogP contribution is 2.56. The van der Waals surface area contributed by atoms with E-state index in [0.29, 0.717) is 0 Å². The van der Waals surface area contributed by atoms with Crippen LogP contribution in [0.1, 0.15) is 42.7 Å². The lowest BCUT2D eigenvalue weighted by atomic mass is 9.77. The van der Waals surface area contributed by atoms with Crippen LogP contribution < -0.4 is 0 Å². The van der Waals surface area contributed by atoms with Gasteiger partial charge in [-0.2, -0.15) is 0 Å². The predicted octanol–water partition coefficient (Wildman–Crippen LogP) is 11.8. The number of aryl methyl sites for hydroxylation is 1. The molecule has 6 aromatic carbocycles. The normalized spacial score (nSPS) is 14.8. The highest BCUT2D eigenvalue weighted by atomic mass is 16.3. The molecule has 4 heteroatoms. The number of rotatable bonds is 3. The van der Waals surface area contributed by atoms with Crippen molar-refractivity contribution in [1.82, 2.24) is 14.5 Å². The van der Waals surface area contributed by atoms with E-state index in [4.69, 9.17) is 14.4 Å². The molecule has 3 heterocycles. The number of para-hydroxylation sites is 3. The van der Waals surface area contributed by atoms with Crippen LogP contribution in [0.4, 0.5) is 0 Å². The van der Waals surface area contributed by atoms with E-state index in [2.05, 4.69) is 146 Å². The van der Waals surface area contributed by atoms with E-state index in [9.17, 15) is 0 Å². The monoisotopic (exact) mass is 655 g/mol. The third kappa shape index (κ3) is 4.02. The molecular formula is C47H33N3O. The molecule has 0 unspecified atom stereocenters. The quantitative estimate of drug-likeness (QED) is 0.190. The molecule has 2 aliphatic rings. The highest BCUT2D eigenvalue weighted by molar-refractivity contribution is 6.12. The SMILES string of the molecule is CC1(C)C2=C(c3cc4c(cc31)c1ccccc1n4-c1ccc(-c3nc(-c4ccccc4)c4ccccc4n3)cc1)c1c(oc3ccccc13)CC2. The molecule has 0 bridgehead atoms. The fourth-order valence-corrected chi connectivity index (χ4v) is 8.94. The molecule has 0 atom stereocenters. The maximum Gasteiger partial charge on any atom is 0.160 e. The molecule has 9 aromatic rings. The first-order valence-corrected chi connectivity index (χ1v) is 17.8. The molecule has 0 saturated heterocycles. The zero-order valence-corrected chi connectivity index (χ0v) is 28.4. The van der Waals surface area contributed by atoms with E-state index in [1.807, 2.05) is 12.1 Å². The van der Waals surface area contributed by atoms with Gasteiger partial charge in [0.1, 0.15) is 11.3 Å². The van der Waals surface area contributed by atoms with Gasteiger partial charge in [-0.05, 0) is 77.7 Å². The van der Waals surface area contributed by atoms with E-state index < -0.39 is 0 Å². The minimum Gasteiger partial charge on any atom is -0.460 e. The lowest BCUT2D eigenvalue weighted by molar-refractivity contribution is 0.525. The van der Waals surface area contributed by atoms with Crippen LogP contribution in [0.15, 0.2) is 150 Å². The molecule has 0 amide bonds. The molecule has 51 heavy (non-hydrogen) atoms. The number of allylic oxidation sites excluding steroid dienone is 1. The van der Waals surface area contributed by atoms with Crippen LogP contribution in [0.25, 0.3) is 77.6 Å². The number of nitrogens with zero attached hydrogens (tertiary/aromatic N) is 3. The summed E-state index contributed by atoms with van der Waals surface area (Å²) < 4.78 is 8.89. The van der Waals surface area contributed by atoms with Crippen LogP contribution in [0.2, 0.25) is 0 Å². The summed E-state index contributed by atoms with van der Waals surface area (Å²) in [4.78, 5) is 10.1. The Balaban J connectivity index is 1.10. The molecule has 3 aromatic heterocycles. The van der Waals surface area contributed by atoms with Gasteiger partial charge in [0.05, 0.1) is 22.2 Å². The topological polar surface area (TPSA) is 43.9 Å². The third-order valence-corrected chi connectivity index (χ3v) is 11.4. The van der Waals surface area contributed by atoms with Gasteiger partial charge < -0.3 is 8.98 Å². The smallest absolute Gasteiger partial charge is 0.160 e. The first-order valence-electron chi connectivity index (χ1n) is 17.8. The van der Waals surface area contributed by atoms with E-state index in [-0.39, 0.29) is 5.41 Å². The minimum atomic E-state index is -0.0712. The molecule has 4 nitrogen and oxygen atoms in total. The number of furan rings is 1. The second kappa shape index (κ2) is 10.4.